The van der Waals surface area contributed by atoms with Crippen LogP contribution in [0.15, 0.2) is 41.3 Å². The van der Waals surface area contributed by atoms with Crippen molar-refractivity contribution in [2.24, 2.45) is 0 Å². The lowest BCUT2D eigenvalue weighted by atomic mass is 10.1. The zero-order chi connectivity index (χ0) is 17.3. The number of H-pyrrole nitrogens is 1. The van der Waals surface area contributed by atoms with Crippen LogP contribution in [0.1, 0.15) is 19.7 Å². The summed E-state index contributed by atoms with van der Waals surface area (Å²) < 4.78 is 1.66. The molecule has 7 nitrogen and oxygen atoms in total. The van der Waals surface area contributed by atoms with E-state index in [2.05, 4.69) is 15.1 Å². The third kappa shape index (κ3) is 3.52. The molecule has 1 aromatic carbocycles. The lowest BCUT2D eigenvalue weighted by molar-refractivity contribution is 0.0418. The summed E-state index contributed by atoms with van der Waals surface area (Å²) in [7, 11) is 1.87. The fourth-order valence-electron chi connectivity index (χ4n) is 2.77. The number of aromatic amines is 1. The number of rotatable bonds is 5. The molecule has 2 heterocycles. The van der Waals surface area contributed by atoms with Gasteiger partial charge in [0, 0.05) is 6.54 Å². The molecule has 0 radical (unpaired) electrons. The fourth-order valence-corrected chi connectivity index (χ4v) is 2.77. The minimum absolute atomic E-state index is 0.214. The number of nitrogens with one attached hydrogen (secondary N) is 1. The molecule has 24 heavy (non-hydrogen) atoms. The first-order valence-corrected chi connectivity index (χ1v) is 7.77. The van der Waals surface area contributed by atoms with E-state index >= 15 is 0 Å². The molecule has 0 fully saturated rings. The van der Waals surface area contributed by atoms with E-state index in [1.54, 1.807) is 18.5 Å². The van der Waals surface area contributed by atoms with Crippen molar-refractivity contribution in [1.29, 1.82) is 0 Å². The van der Waals surface area contributed by atoms with Crippen LogP contribution in [0, 0.1) is 0 Å². The Hall–Kier alpha value is -2.51. The number of hydrogen-bond acceptors (Lipinski definition) is 5. The smallest absolute Gasteiger partial charge is 0.262 e. The van der Waals surface area contributed by atoms with Crippen LogP contribution in [-0.2, 0) is 6.54 Å². The van der Waals surface area contributed by atoms with Crippen LogP contribution in [0.2, 0.25) is 0 Å². The predicted molar refractivity (Wildman–Crippen MR) is 92.1 cm³/mol. The van der Waals surface area contributed by atoms with Gasteiger partial charge >= 0.3 is 0 Å². The molecule has 0 unspecified atom stereocenters. The standard InChI is InChI=1S/C17H21N5O2/c1-17(2,24)11-21(3)10-14-19-15-13(16(23)20-14)9-18-22(15)12-7-5-4-6-8-12/h4-9,24H,10-11H2,1-3H3,(H,19,20,23). The molecule has 7 heteroatoms. The maximum Gasteiger partial charge on any atom is 0.262 e. The average molecular weight is 327 g/mol. The molecule has 0 aliphatic rings. The van der Waals surface area contributed by atoms with Gasteiger partial charge in [-0.1, -0.05) is 18.2 Å². The van der Waals surface area contributed by atoms with Crippen LogP contribution in [0.5, 0.6) is 0 Å². The highest BCUT2D eigenvalue weighted by Crippen LogP contribution is 2.14. The van der Waals surface area contributed by atoms with E-state index in [9.17, 15) is 9.90 Å². The lowest BCUT2D eigenvalue weighted by Gasteiger charge is -2.24. The number of benzene rings is 1. The molecule has 2 N–H and O–H groups in total. The Morgan fingerprint density at radius 2 is 2.00 bits per heavy atom. The average Bonchev–Trinajstić information content (AvgIpc) is 2.90. The molecular weight excluding hydrogens is 306 g/mol. The van der Waals surface area contributed by atoms with Gasteiger partial charge in [-0.2, -0.15) is 5.10 Å². The van der Waals surface area contributed by atoms with Crippen molar-refractivity contribution in [1.82, 2.24) is 24.6 Å². The van der Waals surface area contributed by atoms with Crippen LogP contribution in [0.4, 0.5) is 0 Å². The van der Waals surface area contributed by atoms with E-state index in [0.29, 0.717) is 29.9 Å². The van der Waals surface area contributed by atoms with Crippen molar-refractivity contribution in [3.63, 3.8) is 0 Å². The van der Waals surface area contributed by atoms with Crippen molar-refractivity contribution in [2.75, 3.05) is 13.6 Å². The SMILES string of the molecule is CN(Cc1nc2c(cnn2-c2ccccc2)c(=O)[nH]1)CC(C)(C)O. The molecule has 0 amide bonds. The van der Waals surface area contributed by atoms with E-state index in [1.807, 2.05) is 42.3 Å². The van der Waals surface area contributed by atoms with E-state index in [-0.39, 0.29) is 5.56 Å². The van der Waals surface area contributed by atoms with Gasteiger partial charge in [0.05, 0.1) is 24.0 Å². The first-order valence-electron chi connectivity index (χ1n) is 7.77. The Morgan fingerprint density at radius 3 is 2.67 bits per heavy atom. The van der Waals surface area contributed by atoms with Gasteiger partial charge in [-0.15, -0.1) is 0 Å². The third-order valence-electron chi connectivity index (χ3n) is 3.56. The van der Waals surface area contributed by atoms with Gasteiger partial charge in [-0.05, 0) is 33.0 Å². The number of aliphatic hydroxyl groups is 1. The predicted octanol–water partition coefficient (Wildman–Crippen LogP) is 1.31. The fraction of sp³-hybridized carbons (Fsp3) is 0.353. The van der Waals surface area contributed by atoms with Crippen molar-refractivity contribution >= 4 is 11.0 Å². The summed E-state index contributed by atoms with van der Waals surface area (Å²) in [5.41, 5.74) is 0.345. The minimum atomic E-state index is -0.815. The summed E-state index contributed by atoms with van der Waals surface area (Å²) in [5.74, 6) is 0.539. The first-order chi connectivity index (χ1) is 11.3. The van der Waals surface area contributed by atoms with Gasteiger partial charge < -0.3 is 10.1 Å². The van der Waals surface area contributed by atoms with Gasteiger partial charge in [0.15, 0.2) is 5.65 Å². The number of aromatic nitrogens is 4. The second-order valence-electron chi connectivity index (χ2n) is 6.63. The summed E-state index contributed by atoms with van der Waals surface area (Å²) in [6.07, 6.45) is 1.53. The summed E-state index contributed by atoms with van der Waals surface area (Å²) in [5, 5.41) is 14.6. The topological polar surface area (TPSA) is 87.0 Å². The quantitative estimate of drug-likeness (QED) is 0.738. The van der Waals surface area contributed by atoms with Gasteiger partial charge in [0.25, 0.3) is 5.56 Å². The number of likely N-dealkylation sites (N-methyl/N-ethyl adjacent to an activating group) is 1. The van der Waals surface area contributed by atoms with E-state index in [1.165, 1.54) is 6.20 Å². The molecule has 0 spiro atoms. The van der Waals surface area contributed by atoms with Gasteiger partial charge in [-0.3, -0.25) is 9.69 Å². The van der Waals surface area contributed by atoms with Crippen molar-refractivity contribution in [2.45, 2.75) is 26.0 Å². The highest BCUT2D eigenvalue weighted by molar-refractivity contribution is 5.75. The Labute approximate surface area is 139 Å². The molecule has 0 saturated carbocycles. The number of para-hydroxylation sites is 1. The van der Waals surface area contributed by atoms with Gasteiger partial charge in [0.2, 0.25) is 0 Å². The summed E-state index contributed by atoms with van der Waals surface area (Å²) in [4.78, 5) is 21.6. The molecule has 0 bridgehead atoms. The Bertz CT molecular complexity index is 893. The van der Waals surface area contributed by atoms with Crippen molar-refractivity contribution in [3.05, 3.63) is 52.7 Å². The van der Waals surface area contributed by atoms with Crippen molar-refractivity contribution < 1.29 is 5.11 Å². The maximum atomic E-state index is 12.3. The molecular formula is C17H21N5O2. The van der Waals surface area contributed by atoms with Gasteiger partial charge in [-0.25, -0.2) is 9.67 Å². The Morgan fingerprint density at radius 1 is 1.29 bits per heavy atom. The molecule has 0 aliphatic carbocycles. The van der Waals surface area contributed by atoms with E-state index < -0.39 is 5.60 Å². The minimum Gasteiger partial charge on any atom is -0.389 e. The maximum absolute atomic E-state index is 12.3. The highest BCUT2D eigenvalue weighted by atomic mass is 16.3. The Kier molecular flexibility index (Phi) is 4.21. The zero-order valence-corrected chi connectivity index (χ0v) is 14.0. The Balaban J connectivity index is 1.98. The molecule has 3 aromatic rings. The van der Waals surface area contributed by atoms with E-state index in [4.69, 9.17) is 0 Å². The van der Waals surface area contributed by atoms with E-state index in [0.717, 1.165) is 5.69 Å². The summed E-state index contributed by atoms with van der Waals surface area (Å²) in [6, 6.07) is 9.57. The van der Waals surface area contributed by atoms with Crippen LogP contribution in [-0.4, -0.2) is 48.9 Å². The van der Waals surface area contributed by atoms with Crippen LogP contribution in [0.3, 0.4) is 0 Å². The normalized spacial score (nSPS) is 12.2. The van der Waals surface area contributed by atoms with Gasteiger partial charge in [0.1, 0.15) is 11.2 Å². The molecule has 0 aliphatic heterocycles. The first kappa shape index (κ1) is 16.4. The second-order valence-corrected chi connectivity index (χ2v) is 6.63. The third-order valence-corrected chi connectivity index (χ3v) is 3.56. The van der Waals surface area contributed by atoms with Crippen LogP contribution >= 0.6 is 0 Å². The lowest BCUT2D eigenvalue weighted by Crippen LogP contribution is -2.36. The largest absolute Gasteiger partial charge is 0.389 e. The zero-order valence-electron chi connectivity index (χ0n) is 14.0. The monoisotopic (exact) mass is 327 g/mol. The second kappa shape index (κ2) is 6.18. The highest BCUT2D eigenvalue weighted by Gasteiger charge is 2.17. The summed E-state index contributed by atoms with van der Waals surface area (Å²) >= 11 is 0. The van der Waals surface area contributed by atoms with Crippen molar-refractivity contribution in [3.8, 4) is 5.69 Å². The van der Waals surface area contributed by atoms with Crippen LogP contribution < -0.4 is 5.56 Å². The molecule has 3 rings (SSSR count). The number of fused-ring (bicyclic) bond motifs is 1. The summed E-state index contributed by atoms with van der Waals surface area (Å²) in [6.45, 7) is 4.38. The molecule has 0 atom stereocenters. The molecule has 126 valence electrons. The number of hydrogen-bond donors (Lipinski definition) is 2. The molecule has 0 saturated heterocycles. The number of nitrogens with zero attached hydrogens (tertiary/aromatic N) is 4. The molecule has 2 aromatic heterocycles. The van der Waals surface area contributed by atoms with Crippen LogP contribution in [0.25, 0.3) is 16.7 Å².